The Labute approximate surface area is 181 Å². The van der Waals surface area contributed by atoms with E-state index < -0.39 is 0 Å². The lowest BCUT2D eigenvalue weighted by Gasteiger charge is -2.36. The van der Waals surface area contributed by atoms with Crippen molar-refractivity contribution < 1.29 is 9.18 Å². The summed E-state index contributed by atoms with van der Waals surface area (Å²) in [7, 11) is 0. The maximum atomic E-state index is 14.5. The lowest BCUT2D eigenvalue weighted by atomic mass is 10.0. The van der Waals surface area contributed by atoms with Gasteiger partial charge in [-0.1, -0.05) is 72.8 Å². The van der Waals surface area contributed by atoms with Gasteiger partial charge in [0.05, 0.1) is 5.69 Å². The van der Waals surface area contributed by atoms with Gasteiger partial charge < -0.3 is 4.90 Å². The first-order chi connectivity index (χ1) is 15.2. The van der Waals surface area contributed by atoms with Crippen molar-refractivity contribution in [2.45, 2.75) is 12.8 Å². The summed E-state index contributed by atoms with van der Waals surface area (Å²) in [6.45, 7) is 0.812. The van der Waals surface area contributed by atoms with E-state index in [2.05, 4.69) is 12.1 Å². The molecular formula is C26H22FN3O. The molecule has 0 aliphatic carbocycles. The maximum Gasteiger partial charge on any atom is 0.275 e. The molecule has 0 N–H and O–H groups in total. The van der Waals surface area contributed by atoms with Crippen molar-refractivity contribution in [2.75, 3.05) is 18.1 Å². The highest BCUT2D eigenvalue weighted by atomic mass is 19.1. The Bertz CT molecular complexity index is 1170. The molecule has 0 saturated heterocycles. The molecule has 0 saturated carbocycles. The predicted molar refractivity (Wildman–Crippen MR) is 120 cm³/mol. The van der Waals surface area contributed by atoms with Gasteiger partial charge in [-0.25, -0.2) is 9.38 Å². The van der Waals surface area contributed by atoms with Crippen LogP contribution in [0, 0.1) is 5.82 Å². The normalized spacial score (nSPS) is 15.9. The Morgan fingerprint density at radius 3 is 2.10 bits per heavy atom. The van der Waals surface area contributed by atoms with E-state index in [1.807, 2.05) is 59.5 Å². The lowest BCUT2D eigenvalue weighted by molar-refractivity contribution is -0.121. The first-order valence-electron chi connectivity index (χ1n) is 10.4. The van der Waals surface area contributed by atoms with Crippen molar-refractivity contribution in [3.05, 3.63) is 113 Å². The van der Waals surface area contributed by atoms with E-state index >= 15 is 0 Å². The molecule has 5 rings (SSSR count). The zero-order valence-electron chi connectivity index (χ0n) is 17.0. The molecule has 2 aliphatic rings. The molecule has 0 fully saturated rings. The third kappa shape index (κ3) is 3.87. The molecule has 0 bridgehead atoms. The second-order valence-electron chi connectivity index (χ2n) is 7.83. The van der Waals surface area contributed by atoms with E-state index in [1.54, 1.807) is 17.0 Å². The number of carbonyl (C=O) groups is 1. The molecule has 1 amide bonds. The maximum absolute atomic E-state index is 14.5. The Morgan fingerprint density at radius 1 is 0.806 bits per heavy atom. The van der Waals surface area contributed by atoms with Gasteiger partial charge in [-0.15, -0.1) is 0 Å². The molecule has 2 heterocycles. The quantitative estimate of drug-likeness (QED) is 0.616. The number of hydrogen-bond donors (Lipinski definition) is 0. The van der Waals surface area contributed by atoms with E-state index in [0.29, 0.717) is 36.6 Å². The van der Waals surface area contributed by atoms with Crippen molar-refractivity contribution in [2.24, 2.45) is 4.99 Å². The molecule has 0 unspecified atom stereocenters. The fourth-order valence-corrected chi connectivity index (χ4v) is 4.16. The highest BCUT2D eigenvalue weighted by Gasteiger charge is 2.37. The molecule has 0 atom stereocenters. The first kappa shape index (κ1) is 19.2. The molecule has 5 heteroatoms. The molecule has 0 radical (unpaired) electrons. The van der Waals surface area contributed by atoms with Crippen LogP contribution < -0.4 is 4.90 Å². The minimum absolute atomic E-state index is 0.106. The van der Waals surface area contributed by atoms with Gasteiger partial charge in [0, 0.05) is 13.0 Å². The highest BCUT2D eigenvalue weighted by Crippen LogP contribution is 2.32. The van der Waals surface area contributed by atoms with Gasteiger partial charge >= 0.3 is 0 Å². The first-order valence-corrected chi connectivity index (χ1v) is 10.4. The Hall–Kier alpha value is -3.73. The third-order valence-electron chi connectivity index (χ3n) is 5.67. The van der Waals surface area contributed by atoms with Crippen molar-refractivity contribution in [3.8, 4) is 0 Å². The van der Waals surface area contributed by atoms with E-state index in [0.717, 1.165) is 16.7 Å². The van der Waals surface area contributed by atoms with Gasteiger partial charge in [-0.3, -0.25) is 9.69 Å². The molecule has 0 spiro atoms. The van der Waals surface area contributed by atoms with Crippen molar-refractivity contribution >= 4 is 17.3 Å². The van der Waals surface area contributed by atoms with Crippen molar-refractivity contribution in [1.82, 2.24) is 4.90 Å². The summed E-state index contributed by atoms with van der Waals surface area (Å²) in [4.78, 5) is 21.6. The second kappa shape index (κ2) is 8.19. The summed E-state index contributed by atoms with van der Waals surface area (Å²) in [6.07, 6.45) is 1.14. The van der Waals surface area contributed by atoms with Crippen LogP contribution in [-0.4, -0.2) is 29.7 Å². The number of carbonyl (C=O) groups excluding carboxylic acids is 1. The largest absolute Gasteiger partial charge is 0.347 e. The predicted octanol–water partition coefficient (Wildman–Crippen LogP) is 4.58. The topological polar surface area (TPSA) is 35.9 Å². The highest BCUT2D eigenvalue weighted by molar-refractivity contribution is 6.41. The molecule has 154 valence electrons. The number of rotatable bonds is 5. The minimum Gasteiger partial charge on any atom is -0.347 e. The average molecular weight is 411 g/mol. The molecule has 3 aromatic carbocycles. The third-order valence-corrected chi connectivity index (χ3v) is 5.67. The molecule has 31 heavy (non-hydrogen) atoms. The zero-order chi connectivity index (χ0) is 21.2. The van der Waals surface area contributed by atoms with E-state index in [9.17, 15) is 9.18 Å². The van der Waals surface area contributed by atoms with E-state index in [1.165, 1.54) is 6.07 Å². The smallest absolute Gasteiger partial charge is 0.275 e. The minimum atomic E-state index is -0.290. The fourth-order valence-electron chi connectivity index (χ4n) is 4.16. The Balaban J connectivity index is 1.51. The number of anilines is 1. The number of benzene rings is 3. The number of fused-ring (bicyclic) bond motifs is 1. The van der Waals surface area contributed by atoms with Crippen molar-refractivity contribution in [1.29, 1.82) is 0 Å². The van der Waals surface area contributed by atoms with Crippen LogP contribution in [-0.2, 0) is 17.6 Å². The van der Waals surface area contributed by atoms with Gasteiger partial charge in [0.1, 0.15) is 24.0 Å². The van der Waals surface area contributed by atoms with Crippen LogP contribution in [0.2, 0.25) is 0 Å². The van der Waals surface area contributed by atoms with Crippen LogP contribution in [0.5, 0.6) is 0 Å². The SMILES string of the molecule is O=C1C(Cc2ccccc2)=NC2=C(Cc3ccccc3)CN(c3ccccc3F)CN12. The van der Waals surface area contributed by atoms with E-state index in [-0.39, 0.29) is 18.4 Å². The molecule has 3 aromatic rings. The monoisotopic (exact) mass is 411 g/mol. The van der Waals surface area contributed by atoms with Gasteiger partial charge in [0.2, 0.25) is 0 Å². The number of halogens is 1. The number of nitrogens with zero attached hydrogens (tertiary/aromatic N) is 3. The van der Waals surface area contributed by atoms with E-state index in [4.69, 9.17) is 4.99 Å². The molecule has 4 nitrogen and oxygen atoms in total. The number of hydrogen-bond acceptors (Lipinski definition) is 3. The fraction of sp³-hybridized carbons (Fsp3) is 0.154. The van der Waals surface area contributed by atoms with Crippen LogP contribution in [0.1, 0.15) is 11.1 Å². The Kier molecular flexibility index (Phi) is 5.08. The van der Waals surface area contributed by atoms with Crippen LogP contribution in [0.15, 0.2) is 101 Å². The van der Waals surface area contributed by atoms with Gasteiger partial charge in [0.25, 0.3) is 5.91 Å². The second-order valence-corrected chi connectivity index (χ2v) is 7.83. The standard InChI is InChI=1S/C26H22FN3O/c27-22-13-7-8-14-24(22)29-17-21(15-19-9-3-1-4-10-19)25-28-23(26(31)30(25)18-29)16-20-11-5-2-6-12-20/h1-14H,15-18H2. The molecule has 2 aliphatic heterocycles. The summed E-state index contributed by atoms with van der Waals surface area (Å²) in [5.41, 5.74) is 4.22. The van der Waals surface area contributed by atoms with Gasteiger partial charge in [-0.2, -0.15) is 0 Å². The summed E-state index contributed by atoms with van der Waals surface area (Å²) < 4.78 is 14.5. The Morgan fingerprint density at radius 2 is 1.42 bits per heavy atom. The summed E-state index contributed by atoms with van der Waals surface area (Å²) in [5.74, 6) is 0.319. The number of aliphatic imine (C=N–C) groups is 1. The average Bonchev–Trinajstić information content (AvgIpc) is 3.11. The van der Waals surface area contributed by atoms with Crippen molar-refractivity contribution in [3.63, 3.8) is 0 Å². The lowest BCUT2D eigenvalue weighted by Crippen LogP contribution is -2.46. The summed E-state index contributed by atoms with van der Waals surface area (Å²) >= 11 is 0. The number of para-hydroxylation sites is 1. The summed E-state index contributed by atoms with van der Waals surface area (Å²) in [5, 5.41) is 0. The van der Waals surface area contributed by atoms with Crippen LogP contribution in [0.25, 0.3) is 0 Å². The van der Waals surface area contributed by atoms with Gasteiger partial charge in [-0.05, 0) is 35.3 Å². The van der Waals surface area contributed by atoms with Crippen LogP contribution >= 0.6 is 0 Å². The van der Waals surface area contributed by atoms with Crippen LogP contribution in [0.4, 0.5) is 10.1 Å². The van der Waals surface area contributed by atoms with Gasteiger partial charge in [0.15, 0.2) is 0 Å². The van der Waals surface area contributed by atoms with Crippen LogP contribution in [0.3, 0.4) is 0 Å². The molecule has 0 aromatic heterocycles. The summed E-state index contributed by atoms with van der Waals surface area (Å²) in [6, 6.07) is 26.7. The molecular weight excluding hydrogens is 389 g/mol. The number of amides is 1. The zero-order valence-corrected chi connectivity index (χ0v) is 17.0.